The minimum Gasteiger partial charge on any atom is -0.302 e. The summed E-state index contributed by atoms with van der Waals surface area (Å²) in [6.45, 7) is 1.97. The molecule has 4 rings (SSSR count). The van der Waals surface area contributed by atoms with Gasteiger partial charge in [-0.3, -0.25) is 4.79 Å². The van der Waals surface area contributed by atoms with E-state index in [0.717, 1.165) is 26.4 Å². The molecule has 0 spiro atoms. The fraction of sp³-hybridized carbons (Fsp3) is 0.267. The first-order chi connectivity index (χ1) is 10.6. The molecule has 2 atom stereocenters. The first kappa shape index (κ1) is 13.8. The van der Waals surface area contributed by atoms with E-state index in [-0.39, 0.29) is 5.91 Å². The average molecular weight is 333 g/mol. The normalized spacial score (nSPS) is 20.3. The summed E-state index contributed by atoms with van der Waals surface area (Å²) in [7, 11) is 0. The van der Waals surface area contributed by atoms with E-state index in [1.54, 1.807) is 0 Å². The second-order valence-corrected chi connectivity index (χ2v) is 7.22. The van der Waals surface area contributed by atoms with Crippen molar-refractivity contribution in [1.82, 2.24) is 9.36 Å². The lowest BCUT2D eigenvalue weighted by atomic mass is 10.2. The second kappa shape index (κ2) is 5.10. The van der Waals surface area contributed by atoms with Gasteiger partial charge in [0.25, 0.3) is 0 Å². The van der Waals surface area contributed by atoms with Crippen LogP contribution in [0.3, 0.4) is 0 Å². The maximum absolute atomic E-state index is 12.9. The predicted molar refractivity (Wildman–Crippen MR) is 87.1 cm³/mol. The zero-order valence-electron chi connectivity index (χ0n) is 11.7. The van der Waals surface area contributed by atoms with Crippen molar-refractivity contribution >= 4 is 44.1 Å². The quantitative estimate of drug-likeness (QED) is 0.787. The molecule has 2 aromatic heterocycles. The Labute approximate surface area is 134 Å². The molecule has 7 heteroatoms. The number of thiazole rings is 1. The van der Waals surface area contributed by atoms with Crippen molar-refractivity contribution in [2.75, 3.05) is 5.32 Å². The van der Waals surface area contributed by atoms with Crippen LogP contribution in [0.2, 0.25) is 0 Å². The van der Waals surface area contributed by atoms with Crippen LogP contribution in [0.15, 0.2) is 24.3 Å². The van der Waals surface area contributed by atoms with E-state index < -0.39 is 12.1 Å². The van der Waals surface area contributed by atoms with Gasteiger partial charge in [0.05, 0.1) is 26.7 Å². The van der Waals surface area contributed by atoms with Crippen molar-refractivity contribution in [3.05, 3.63) is 30.0 Å². The molecule has 0 aliphatic heterocycles. The van der Waals surface area contributed by atoms with Gasteiger partial charge in [-0.1, -0.05) is 17.4 Å². The van der Waals surface area contributed by atoms with Crippen molar-refractivity contribution in [3.63, 3.8) is 0 Å². The predicted octanol–water partition coefficient (Wildman–Crippen LogP) is 4.02. The van der Waals surface area contributed by atoms with Crippen LogP contribution in [0.25, 0.3) is 20.7 Å². The molecule has 1 fully saturated rings. The number of fused-ring (bicyclic) bond motifs is 1. The Bertz CT molecular complexity index is 873. The van der Waals surface area contributed by atoms with Gasteiger partial charge in [0.1, 0.15) is 6.17 Å². The summed E-state index contributed by atoms with van der Waals surface area (Å²) in [4.78, 5) is 17.2. The molecule has 3 aromatic rings. The molecule has 1 aliphatic rings. The summed E-state index contributed by atoms with van der Waals surface area (Å²) in [6, 6.07) is 8.02. The van der Waals surface area contributed by atoms with Gasteiger partial charge < -0.3 is 5.32 Å². The Balaban J connectivity index is 1.62. The van der Waals surface area contributed by atoms with Crippen molar-refractivity contribution < 1.29 is 9.18 Å². The minimum absolute atomic E-state index is 0.273. The lowest BCUT2D eigenvalue weighted by Gasteiger charge is -1.97. The third kappa shape index (κ3) is 2.50. The molecule has 1 N–H and O–H groups in total. The van der Waals surface area contributed by atoms with Crippen molar-refractivity contribution in [1.29, 1.82) is 0 Å². The number of nitrogens with zero attached hydrogens (tertiary/aromatic N) is 2. The van der Waals surface area contributed by atoms with Gasteiger partial charge in [0, 0.05) is 0 Å². The van der Waals surface area contributed by atoms with Crippen LogP contribution in [-0.2, 0) is 4.79 Å². The van der Waals surface area contributed by atoms with Gasteiger partial charge in [-0.05, 0) is 48.6 Å². The van der Waals surface area contributed by atoms with Gasteiger partial charge in [0.2, 0.25) is 5.91 Å². The molecular weight excluding hydrogens is 321 g/mol. The number of hydrogen-bond donors (Lipinski definition) is 1. The molecule has 1 aliphatic carbocycles. The summed E-state index contributed by atoms with van der Waals surface area (Å²) >= 11 is 2.87. The number of hydrogen-bond acceptors (Lipinski definition) is 5. The Morgan fingerprint density at radius 1 is 1.41 bits per heavy atom. The maximum Gasteiger partial charge on any atom is 0.232 e. The van der Waals surface area contributed by atoms with E-state index in [2.05, 4.69) is 14.7 Å². The van der Waals surface area contributed by atoms with Crippen LogP contribution in [0.5, 0.6) is 0 Å². The summed E-state index contributed by atoms with van der Waals surface area (Å²) in [5, 5.41) is 3.23. The third-order valence-corrected chi connectivity index (χ3v) is 5.44. The smallest absolute Gasteiger partial charge is 0.232 e. The van der Waals surface area contributed by atoms with Crippen LogP contribution in [0.4, 0.5) is 9.52 Å². The highest BCUT2D eigenvalue weighted by molar-refractivity contribution is 7.22. The highest BCUT2D eigenvalue weighted by Crippen LogP contribution is 2.36. The molecule has 22 heavy (non-hydrogen) atoms. The van der Waals surface area contributed by atoms with E-state index in [1.165, 1.54) is 22.9 Å². The second-order valence-electron chi connectivity index (χ2n) is 5.38. The van der Waals surface area contributed by atoms with Gasteiger partial charge in [-0.25, -0.2) is 9.37 Å². The maximum atomic E-state index is 12.9. The lowest BCUT2D eigenvalue weighted by molar-refractivity contribution is -0.117. The number of alkyl halides is 1. The highest BCUT2D eigenvalue weighted by atomic mass is 32.1. The summed E-state index contributed by atoms with van der Waals surface area (Å²) in [5.41, 5.74) is 2.92. The van der Waals surface area contributed by atoms with Crippen molar-refractivity contribution in [2.45, 2.75) is 19.5 Å². The van der Waals surface area contributed by atoms with E-state index in [0.29, 0.717) is 11.6 Å². The molecule has 112 valence electrons. The molecule has 1 amide bonds. The van der Waals surface area contributed by atoms with Crippen LogP contribution in [0.1, 0.15) is 12.1 Å². The van der Waals surface area contributed by atoms with Crippen LogP contribution in [0, 0.1) is 12.8 Å². The highest BCUT2D eigenvalue weighted by Gasteiger charge is 2.43. The number of aromatic nitrogens is 2. The number of anilines is 1. The molecule has 4 nitrogen and oxygen atoms in total. The molecule has 0 bridgehead atoms. The van der Waals surface area contributed by atoms with Crippen molar-refractivity contribution in [3.8, 4) is 10.4 Å². The molecule has 1 saturated carbocycles. The Hall–Kier alpha value is -1.86. The zero-order valence-corrected chi connectivity index (χ0v) is 13.3. The van der Waals surface area contributed by atoms with Gasteiger partial charge in [-0.15, -0.1) is 0 Å². The Morgan fingerprint density at radius 3 is 2.91 bits per heavy atom. The fourth-order valence-corrected chi connectivity index (χ4v) is 3.92. The third-order valence-electron chi connectivity index (χ3n) is 3.58. The molecule has 1 unspecified atom stereocenters. The lowest BCUT2D eigenvalue weighted by Crippen LogP contribution is -2.14. The van der Waals surface area contributed by atoms with E-state index >= 15 is 0 Å². The molecular formula is C15H12FN3OS2. The number of carbonyl (C=O) groups excluding carboxylic acids is 1. The largest absolute Gasteiger partial charge is 0.302 e. The van der Waals surface area contributed by atoms with Crippen LogP contribution >= 0.6 is 22.9 Å². The molecule has 0 saturated heterocycles. The summed E-state index contributed by atoms with van der Waals surface area (Å²) in [6.07, 6.45) is -0.665. The number of nitrogens with one attached hydrogen (secondary N) is 1. The van der Waals surface area contributed by atoms with Crippen LogP contribution in [-0.4, -0.2) is 21.4 Å². The zero-order chi connectivity index (χ0) is 15.3. The molecule has 0 radical (unpaired) electrons. The molecule has 2 heterocycles. The van der Waals surface area contributed by atoms with Crippen molar-refractivity contribution in [2.24, 2.45) is 5.92 Å². The first-order valence-electron chi connectivity index (χ1n) is 6.89. The van der Waals surface area contributed by atoms with Gasteiger partial charge >= 0.3 is 0 Å². The number of benzene rings is 1. The van der Waals surface area contributed by atoms with E-state index in [9.17, 15) is 9.18 Å². The number of aryl methyl sites for hydroxylation is 1. The number of halogens is 1. The number of rotatable bonds is 3. The number of carbonyl (C=O) groups is 1. The monoisotopic (exact) mass is 333 g/mol. The van der Waals surface area contributed by atoms with Gasteiger partial charge in [-0.2, -0.15) is 4.37 Å². The summed E-state index contributed by atoms with van der Waals surface area (Å²) in [5.74, 6) is -0.771. The van der Waals surface area contributed by atoms with Gasteiger partial charge in [0.15, 0.2) is 5.13 Å². The number of amides is 1. The summed E-state index contributed by atoms with van der Waals surface area (Å²) < 4.78 is 18.2. The van der Waals surface area contributed by atoms with E-state index in [1.807, 2.05) is 31.2 Å². The van der Waals surface area contributed by atoms with Crippen LogP contribution < -0.4 is 5.32 Å². The fourth-order valence-electron chi connectivity index (χ4n) is 2.26. The SMILES string of the molecule is Cc1cc(-c2ccc3nc(NC(=O)[C@@H]4CC4F)sc3c2)sn1. The minimum atomic E-state index is -0.990. The van der Waals surface area contributed by atoms with E-state index in [4.69, 9.17) is 0 Å². The Kier molecular flexibility index (Phi) is 3.19. The topological polar surface area (TPSA) is 54.9 Å². The standard InChI is InChI=1S/C15H12FN3OS2/c1-7-4-12(22-19-7)8-2-3-11-13(5-8)21-15(17-11)18-14(20)9-6-10(9)16/h2-5,9-10H,6H2,1H3,(H,17,18,20)/t9-,10?/m1/s1. The Morgan fingerprint density at radius 2 is 2.23 bits per heavy atom. The average Bonchev–Trinajstić information content (AvgIpc) is 2.90. The first-order valence-corrected chi connectivity index (χ1v) is 8.48. The molecule has 1 aromatic carbocycles.